The van der Waals surface area contributed by atoms with E-state index in [9.17, 15) is 14.0 Å². The van der Waals surface area contributed by atoms with Crippen LogP contribution < -0.4 is 11.1 Å². The van der Waals surface area contributed by atoms with Gasteiger partial charge in [-0.15, -0.1) is 10.2 Å². The van der Waals surface area contributed by atoms with Crippen LogP contribution in [0.25, 0.3) is 11.4 Å². The van der Waals surface area contributed by atoms with Crippen LogP contribution in [0, 0.1) is 5.82 Å². The number of amides is 2. The number of hydrogen-bond acceptors (Lipinski definition) is 5. The van der Waals surface area contributed by atoms with Crippen LogP contribution in [0.5, 0.6) is 0 Å². The van der Waals surface area contributed by atoms with Crippen LogP contribution >= 0.6 is 0 Å². The van der Waals surface area contributed by atoms with Gasteiger partial charge < -0.3 is 11.1 Å². The van der Waals surface area contributed by atoms with Crippen LogP contribution in [-0.4, -0.2) is 32.0 Å². The third-order valence-electron chi connectivity index (χ3n) is 3.57. The molecular formula is C17H15FN6O2. The molecule has 0 aliphatic carbocycles. The molecule has 0 aliphatic heterocycles. The van der Waals surface area contributed by atoms with E-state index in [4.69, 9.17) is 5.73 Å². The molecule has 0 fully saturated rings. The first-order valence-electron chi connectivity index (χ1n) is 7.70. The van der Waals surface area contributed by atoms with Gasteiger partial charge in [0.1, 0.15) is 12.4 Å². The van der Waals surface area contributed by atoms with Gasteiger partial charge >= 0.3 is 0 Å². The minimum absolute atomic E-state index is 0.104. The first-order valence-corrected chi connectivity index (χ1v) is 7.70. The summed E-state index contributed by atoms with van der Waals surface area (Å²) < 4.78 is 12.8. The number of halogens is 1. The normalized spacial score (nSPS) is 10.5. The SMILES string of the molecule is NC(=O)c1ccc(-c2nnn(CC(=O)NCc3ccc(F)cc3)n2)cc1. The van der Waals surface area contributed by atoms with Gasteiger partial charge in [-0.25, -0.2) is 4.39 Å². The van der Waals surface area contributed by atoms with Gasteiger partial charge in [0.2, 0.25) is 17.6 Å². The number of primary amides is 1. The molecular weight excluding hydrogens is 339 g/mol. The third kappa shape index (κ3) is 4.26. The Morgan fingerprint density at radius 2 is 1.77 bits per heavy atom. The number of nitrogens with two attached hydrogens (primary N) is 1. The first kappa shape index (κ1) is 17.2. The number of nitrogens with one attached hydrogen (secondary N) is 1. The number of benzene rings is 2. The van der Waals surface area contributed by atoms with E-state index in [2.05, 4.69) is 20.7 Å². The number of hydrogen-bond donors (Lipinski definition) is 2. The van der Waals surface area contributed by atoms with Crippen LogP contribution in [0.3, 0.4) is 0 Å². The summed E-state index contributed by atoms with van der Waals surface area (Å²) in [5.74, 6) is -0.830. The van der Waals surface area contributed by atoms with Crippen molar-refractivity contribution in [2.45, 2.75) is 13.1 Å². The lowest BCUT2D eigenvalue weighted by atomic mass is 10.1. The van der Waals surface area contributed by atoms with E-state index in [1.807, 2.05) is 0 Å². The Morgan fingerprint density at radius 3 is 2.42 bits per heavy atom. The van der Waals surface area contributed by atoms with Crippen molar-refractivity contribution in [3.8, 4) is 11.4 Å². The topological polar surface area (TPSA) is 116 Å². The summed E-state index contributed by atoms with van der Waals surface area (Å²) in [5, 5.41) is 14.5. The van der Waals surface area contributed by atoms with Crippen molar-refractivity contribution >= 4 is 11.8 Å². The van der Waals surface area contributed by atoms with E-state index in [1.165, 1.54) is 12.1 Å². The van der Waals surface area contributed by atoms with E-state index in [1.54, 1.807) is 36.4 Å². The van der Waals surface area contributed by atoms with E-state index in [0.29, 0.717) is 17.0 Å². The molecule has 3 N–H and O–H groups in total. The Labute approximate surface area is 147 Å². The van der Waals surface area contributed by atoms with Gasteiger partial charge in [-0.05, 0) is 35.0 Å². The number of nitrogens with zero attached hydrogens (tertiary/aromatic N) is 4. The molecule has 0 radical (unpaired) electrons. The maximum Gasteiger partial charge on any atom is 0.248 e. The summed E-state index contributed by atoms with van der Waals surface area (Å²) in [4.78, 5) is 24.2. The highest BCUT2D eigenvalue weighted by Crippen LogP contribution is 2.14. The van der Waals surface area contributed by atoms with Crippen LogP contribution in [-0.2, 0) is 17.9 Å². The van der Waals surface area contributed by atoms with Crippen LogP contribution in [0.4, 0.5) is 4.39 Å². The zero-order valence-electron chi connectivity index (χ0n) is 13.6. The smallest absolute Gasteiger partial charge is 0.248 e. The minimum Gasteiger partial charge on any atom is -0.366 e. The summed E-state index contributed by atoms with van der Waals surface area (Å²) in [6.45, 7) is 0.169. The van der Waals surface area contributed by atoms with Crippen molar-refractivity contribution < 1.29 is 14.0 Å². The van der Waals surface area contributed by atoms with Crippen LogP contribution in [0.1, 0.15) is 15.9 Å². The fraction of sp³-hybridized carbons (Fsp3) is 0.118. The summed E-state index contributed by atoms with van der Waals surface area (Å²) >= 11 is 0. The highest BCUT2D eigenvalue weighted by atomic mass is 19.1. The standard InChI is InChI=1S/C17H15FN6O2/c18-14-7-1-11(2-8-14)9-20-15(25)10-24-22-17(21-23-24)13-5-3-12(4-6-13)16(19)26/h1-8H,9-10H2,(H2,19,26)(H,20,25). The maximum atomic E-state index is 12.8. The Morgan fingerprint density at radius 1 is 1.08 bits per heavy atom. The number of carbonyl (C=O) groups is 2. The van der Waals surface area contributed by atoms with Crippen molar-refractivity contribution in [2.75, 3.05) is 0 Å². The molecule has 0 spiro atoms. The second-order valence-electron chi connectivity index (χ2n) is 5.49. The number of rotatable bonds is 6. The monoisotopic (exact) mass is 354 g/mol. The molecule has 2 amide bonds. The lowest BCUT2D eigenvalue weighted by molar-refractivity contribution is -0.122. The zero-order chi connectivity index (χ0) is 18.5. The van der Waals surface area contributed by atoms with Gasteiger partial charge in [-0.3, -0.25) is 9.59 Å². The predicted molar refractivity (Wildman–Crippen MR) is 90.0 cm³/mol. The highest BCUT2D eigenvalue weighted by molar-refractivity contribution is 5.93. The van der Waals surface area contributed by atoms with E-state index < -0.39 is 5.91 Å². The molecule has 3 aromatic rings. The van der Waals surface area contributed by atoms with Gasteiger partial charge in [-0.1, -0.05) is 24.3 Å². The molecule has 0 aliphatic rings. The molecule has 2 aromatic carbocycles. The second-order valence-corrected chi connectivity index (χ2v) is 5.49. The molecule has 3 rings (SSSR count). The van der Waals surface area contributed by atoms with Gasteiger partial charge in [0, 0.05) is 17.7 Å². The summed E-state index contributed by atoms with van der Waals surface area (Å²) in [7, 11) is 0. The van der Waals surface area contributed by atoms with Crippen molar-refractivity contribution in [1.82, 2.24) is 25.5 Å². The Kier molecular flexibility index (Phi) is 4.97. The van der Waals surface area contributed by atoms with Gasteiger partial charge in [0.25, 0.3) is 0 Å². The largest absolute Gasteiger partial charge is 0.366 e. The van der Waals surface area contributed by atoms with Crippen molar-refractivity contribution in [3.63, 3.8) is 0 Å². The van der Waals surface area contributed by atoms with Crippen molar-refractivity contribution in [1.29, 1.82) is 0 Å². The fourth-order valence-electron chi connectivity index (χ4n) is 2.20. The van der Waals surface area contributed by atoms with Crippen LogP contribution in [0.2, 0.25) is 0 Å². The zero-order valence-corrected chi connectivity index (χ0v) is 13.6. The lowest BCUT2D eigenvalue weighted by Crippen LogP contribution is -2.28. The molecule has 1 heterocycles. The van der Waals surface area contributed by atoms with Crippen LogP contribution in [0.15, 0.2) is 48.5 Å². The molecule has 0 bridgehead atoms. The average Bonchev–Trinajstić information content (AvgIpc) is 3.10. The molecule has 0 atom stereocenters. The van der Waals surface area contributed by atoms with Gasteiger partial charge in [0.15, 0.2) is 0 Å². The molecule has 0 saturated carbocycles. The minimum atomic E-state index is -0.522. The summed E-state index contributed by atoms with van der Waals surface area (Å²) in [6.07, 6.45) is 0. The molecule has 0 saturated heterocycles. The van der Waals surface area contributed by atoms with E-state index in [-0.39, 0.29) is 24.8 Å². The summed E-state index contributed by atoms with van der Waals surface area (Å²) in [5.41, 5.74) is 6.99. The molecule has 1 aromatic heterocycles. The molecule has 132 valence electrons. The predicted octanol–water partition coefficient (Wildman–Crippen LogP) is 0.894. The Balaban J connectivity index is 1.58. The Hall–Kier alpha value is -3.62. The molecule has 26 heavy (non-hydrogen) atoms. The quantitative estimate of drug-likeness (QED) is 0.682. The van der Waals surface area contributed by atoms with E-state index in [0.717, 1.165) is 10.4 Å². The fourth-order valence-corrected chi connectivity index (χ4v) is 2.20. The first-order chi connectivity index (χ1) is 12.5. The second kappa shape index (κ2) is 7.51. The lowest BCUT2D eigenvalue weighted by Gasteiger charge is -2.04. The van der Waals surface area contributed by atoms with Gasteiger partial charge in [-0.2, -0.15) is 4.80 Å². The number of carbonyl (C=O) groups excluding carboxylic acids is 2. The molecule has 0 unspecified atom stereocenters. The summed E-state index contributed by atoms with van der Waals surface area (Å²) in [6, 6.07) is 12.3. The molecule has 9 heteroatoms. The third-order valence-corrected chi connectivity index (χ3v) is 3.57. The highest BCUT2D eigenvalue weighted by Gasteiger charge is 2.10. The average molecular weight is 354 g/mol. The Bertz CT molecular complexity index is 921. The maximum absolute atomic E-state index is 12.8. The number of aromatic nitrogens is 4. The van der Waals surface area contributed by atoms with Crippen molar-refractivity contribution in [2.24, 2.45) is 5.73 Å². The molecule has 8 nitrogen and oxygen atoms in total. The number of tetrazole rings is 1. The van der Waals surface area contributed by atoms with Crippen molar-refractivity contribution in [3.05, 3.63) is 65.5 Å². The van der Waals surface area contributed by atoms with Gasteiger partial charge in [0.05, 0.1) is 0 Å². The van der Waals surface area contributed by atoms with E-state index >= 15 is 0 Å².